The highest BCUT2D eigenvalue weighted by molar-refractivity contribution is 7.91. The summed E-state index contributed by atoms with van der Waals surface area (Å²) in [6, 6.07) is 0.845. The number of nitrogens with one attached hydrogen (secondary N) is 1. The SMILES string of the molecule is O=S1(=O)CCC2NC2C1. The quantitative estimate of drug-likeness (QED) is 0.454. The van der Waals surface area contributed by atoms with E-state index in [9.17, 15) is 8.42 Å². The van der Waals surface area contributed by atoms with Crippen molar-refractivity contribution in [3.05, 3.63) is 0 Å². The molecular weight excluding hydrogens is 138 g/mol. The summed E-state index contributed by atoms with van der Waals surface area (Å²) in [5.41, 5.74) is 0. The zero-order chi connectivity index (χ0) is 6.48. The summed E-state index contributed by atoms with van der Waals surface area (Å²) in [4.78, 5) is 0. The molecule has 0 radical (unpaired) electrons. The minimum Gasteiger partial charge on any atom is -0.307 e. The Labute approximate surface area is 54.4 Å². The number of rotatable bonds is 0. The van der Waals surface area contributed by atoms with Gasteiger partial charge in [0.1, 0.15) is 0 Å². The first kappa shape index (κ1) is 5.68. The second kappa shape index (κ2) is 1.49. The van der Waals surface area contributed by atoms with E-state index in [4.69, 9.17) is 0 Å². The van der Waals surface area contributed by atoms with Gasteiger partial charge in [-0.1, -0.05) is 0 Å². The van der Waals surface area contributed by atoms with Crippen molar-refractivity contribution in [3.8, 4) is 0 Å². The molecule has 2 fully saturated rings. The topological polar surface area (TPSA) is 56.1 Å². The van der Waals surface area contributed by atoms with Crippen LogP contribution in [0.4, 0.5) is 0 Å². The molecule has 1 N–H and O–H groups in total. The van der Waals surface area contributed by atoms with E-state index < -0.39 is 9.84 Å². The van der Waals surface area contributed by atoms with Crippen molar-refractivity contribution >= 4 is 9.84 Å². The Hall–Kier alpha value is -0.0900. The van der Waals surface area contributed by atoms with Gasteiger partial charge in [-0.25, -0.2) is 8.42 Å². The van der Waals surface area contributed by atoms with Crippen LogP contribution in [-0.2, 0) is 9.84 Å². The van der Waals surface area contributed by atoms with Crippen molar-refractivity contribution in [2.24, 2.45) is 0 Å². The van der Waals surface area contributed by atoms with Gasteiger partial charge in [0.05, 0.1) is 11.5 Å². The minimum absolute atomic E-state index is 0.309. The molecule has 0 spiro atoms. The van der Waals surface area contributed by atoms with Crippen molar-refractivity contribution < 1.29 is 8.42 Å². The Morgan fingerprint density at radius 2 is 2.11 bits per heavy atom. The fourth-order valence-corrected chi connectivity index (χ4v) is 2.99. The standard InChI is InChI=1S/C5H9NO2S/c7-9(8)2-1-4-5(3-9)6-4/h4-6H,1-3H2. The lowest BCUT2D eigenvalue weighted by atomic mass is 10.3. The average Bonchev–Trinajstić information content (AvgIpc) is 2.41. The van der Waals surface area contributed by atoms with Crippen LogP contribution in [0.5, 0.6) is 0 Å². The van der Waals surface area contributed by atoms with Gasteiger partial charge in [-0.3, -0.25) is 0 Å². The highest BCUT2D eigenvalue weighted by atomic mass is 32.2. The van der Waals surface area contributed by atoms with Gasteiger partial charge >= 0.3 is 0 Å². The fourth-order valence-electron chi connectivity index (χ4n) is 1.33. The monoisotopic (exact) mass is 147 g/mol. The molecule has 2 rings (SSSR count). The molecule has 0 amide bonds. The number of fused-ring (bicyclic) bond motifs is 1. The molecule has 9 heavy (non-hydrogen) atoms. The van der Waals surface area contributed by atoms with E-state index in [-0.39, 0.29) is 0 Å². The van der Waals surface area contributed by atoms with Crippen molar-refractivity contribution in [2.75, 3.05) is 11.5 Å². The summed E-state index contributed by atoms with van der Waals surface area (Å²) in [5, 5.41) is 3.11. The molecule has 2 atom stereocenters. The molecule has 4 heteroatoms. The van der Waals surface area contributed by atoms with Gasteiger partial charge in [-0.15, -0.1) is 0 Å². The Morgan fingerprint density at radius 3 is 2.67 bits per heavy atom. The Bertz CT molecular complexity index is 221. The van der Waals surface area contributed by atoms with Crippen LogP contribution in [0.3, 0.4) is 0 Å². The number of hydrogen-bond donors (Lipinski definition) is 1. The summed E-state index contributed by atoms with van der Waals surface area (Å²) in [6.07, 6.45) is 0.826. The molecular formula is C5H9NO2S. The Kier molecular flexibility index (Phi) is 0.941. The van der Waals surface area contributed by atoms with Crippen molar-refractivity contribution in [1.82, 2.24) is 5.32 Å². The van der Waals surface area contributed by atoms with Crippen molar-refractivity contribution in [2.45, 2.75) is 18.5 Å². The van der Waals surface area contributed by atoms with Crippen LogP contribution >= 0.6 is 0 Å². The predicted octanol–water partition coefficient (Wildman–Crippen LogP) is -0.855. The lowest BCUT2D eigenvalue weighted by Gasteiger charge is -2.05. The van der Waals surface area contributed by atoms with Gasteiger partial charge in [0.2, 0.25) is 0 Å². The van der Waals surface area contributed by atoms with Gasteiger partial charge in [-0.05, 0) is 6.42 Å². The second-order valence-electron chi connectivity index (χ2n) is 2.78. The summed E-state index contributed by atoms with van der Waals surface area (Å²) >= 11 is 0. The molecule has 0 aromatic carbocycles. The van der Waals surface area contributed by atoms with Gasteiger partial charge in [-0.2, -0.15) is 0 Å². The van der Waals surface area contributed by atoms with E-state index in [0.29, 0.717) is 23.6 Å². The molecule has 0 saturated carbocycles. The Morgan fingerprint density at radius 1 is 1.33 bits per heavy atom. The summed E-state index contributed by atoms with van der Waals surface area (Å²) in [5.74, 6) is 0.763. The first-order valence-electron chi connectivity index (χ1n) is 3.14. The van der Waals surface area contributed by atoms with E-state index in [1.54, 1.807) is 0 Å². The molecule has 2 aliphatic rings. The van der Waals surface area contributed by atoms with Crippen LogP contribution in [0.2, 0.25) is 0 Å². The van der Waals surface area contributed by atoms with E-state index in [1.807, 2.05) is 0 Å². The second-order valence-corrected chi connectivity index (χ2v) is 5.01. The van der Waals surface area contributed by atoms with Crippen LogP contribution in [0.25, 0.3) is 0 Å². The first-order valence-corrected chi connectivity index (χ1v) is 4.96. The molecule has 2 saturated heterocycles. The number of hydrogen-bond acceptors (Lipinski definition) is 3. The zero-order valence-electron chi connectivity index (χ0n) is 5.00. The maximum atomic E-state index is 10.8. The molecule has 0 bridgehead atoms. The zero-order valence-corrected chi connectivity index (χ0v) is 5.82. The van der Waals surface area contributed by atoms with E-state index in [2.05, 4.69) is 5.32 Å². The van der Waals surface area contributed by atoms with Crippen molar-refractivity contribution in [3.63, 3.8) is 0 Å². The first-order chi connectivity index (χ1) is 4.17. The molecule has 0 aromatic rings. The van der Waals surface area contributed by atoms with Crippen LogP contribution in [0.1, 0.15) is 6.42 Å². The molecule has 2 unspecified atom stereocenters. The highest BCUT2D eigenvalue weighted by Crippen LogP contribution is 2.23. The average molecular weight is 147 g/mol. The maximum Gasteiger partial charge on any atom is 0.151 e. The van der Waals surface area contributed by atoms with Crippen LogP contribution < -0.4 is 5.32 Å². The summed E-state index contributed by atoms with van der Waals surface area (Å²) < 4.78 is 21.7. The largest absolute Gasteiger partial charge is 0.307 e. The third-order valence-electron chi connectivity index (χ3n) is 1.98. The molecule has 0 aliphatic carbocycles. The normalized spacial score (nSPS) is 45.8. The predicted molar refractivity (Wildman–Crippen MR) is 34.0 cm³/mol. The molecule has 2 aliphatic heterocycles. The summed E-state index contributed by atoms with van der Waals surface area (Å²) in [7, 11) is -2.65. The van der Waals surface area contributed by atoms with E-state index in [0.717, 1.165) is 6.42 Å². The highest BCUT2D eigenvalue weighted by Gasteiger charge is 2.43. The fraction of sp³-hybridized carbons (Fsp3) is 1.00. The summed E-state index contributed by atoms with van der Waals surface area (Å²) in [6.45, 7) is 0. The van der Waals surface area contributed by atoms with Gasteiger partial charge in [0.15, 0.2) is 9.84 Å². The Balaban J connectivity index is 2.18. The maximum absolute atomic E-state index is 10.8. The molecule has 2 heterocycles. The van der Waals surface area contributed by atoms with Gasteiger partial charge in [0.25, 0.3) is 0 Å². The lowest BCUT2D eigenvalue weighted by Crippen LogP contribution is -2.23. The lowest BCUT2D eigenvalue weighted by molar-refractivity contribution is 0.586. The molecule has 0 aromatic heterocycles. The molecule has 52 valence electrons. The molecule has 3 nitrogen and oxygen atoms in total. The van der Waals surface area contributed by atoms with Crippen LogP contribution in [0.15, 0.2) is 0 Å². The minimum atomic E-state index is -2.65. The van der Waals surface area contributed by atoms with E-state index in [1.165, 1.54) is 0 Å². The van der Waals surface area contributed by atoms with Crippen LogP contribution in [-0.4, -0.2) is 32.0 Å². The third kappa shape index (κ3) is 0.966. The number of sulfone groups is 1. The van der Waals surface area contributed by atoms with Gasteiger partial charge < -0.3 is 5.32 Å². The van der Waals surface area contributed by atoms with Crippen LogP contribution in [0, 0.1) is 0 Å². The van der Waals surface area contributed by atoms with Gasteiger partial charge in [0, 0.05) is 12.1 Å². The van der Waals surface area contributed by atoms with E-state index >= 15 is 0 Å². The third-order valence-corrected chi connectivity index (χ3v) is 3.70. The smallest absolute Gasteiger partial charge is 0.151 e. The van der Waals surface area contributed by atoms with Crippen molar-refractivity contribution in [1.29, 1.82) is 0 Å².